The Morgan fingerprint density at radius 3 is 2.29 bits per heavy atom. The van der Waals surface area contributed by atoms with Crippen molar-refractivity contribution in [3.05, 3.63) is 24.4 Å². The third-order valence-electron chi connectivity index (χ3n) is 5.14. The van der Waals surface area contributed by atoms with Crippen molar-refractivity contribution in [3.8, 4) is 0 Å². The summed E-state index contributed by atoms with van der Waals surface area (Å²) in [6, 6.07) is 5.77. The van der Waals surface area contributed by atoms with Gasteiger partial charge in [-0.3, -0.25) is 0 Å². The van der Waals surface area contributed by atoms with Crippen molar-refractivity contribution in [3.63, 3.8) is 0 Å². The maximum atomic E-state index is 13.0. The molecule has 2 aromatic rings. The first-order valence-corrected chi connectivity index (χ1v) is 9.65. The number of aromatic nitrogens is 1. The van der Waals surface area contributed by atoms with E-state index in [4.69, 9.17) is 9.31 Å². The van der Waals surface area contributed by atoms with Crippen molar-refractivity contribution >= 4 is 39.1 Å². The summed E-state index contributed by atoms with van der Waals surface area (Å²) >= 11 is 0. The highest BCUT2D eigenvalue weighted by Crippen LogP contribution is 2.37. The van der Waals surface area contributed by atoms with Gasteiger partial charge in [0.25, 0.3) is 0 Å². The molecule has 1 saturated heterocycles. The summed E-state index contributed by atoms with van der Waals surface area (Å²) in [6.45, 7) is 8.09. The lowest BCUT2D eigenvalue weighted by Crippen LogP contribution is -2.41. The minimum atomic E-state index is -2.55. The summed E-state index contributed by atoms with van der Waals surface area (Å²) in [5.41, 5.74) is 0.920. The van der Waals surface area contributed by atoms with Crippen molar-refractivity contribution in [1.29, 1.82) is 0 Å². The van der Waals surface area contributed by atoms with Gasteiger partial charge in [-0.25, -0.2) is 8.51 Å². The van der Waals surface area contributed by atoms with Gasteiger partial charge in [-0.2, -0.15) is 0 Å². The number of fused-ring (bicyclic) bond motifs is 1. The first kappa shape index (κ1) is 17.5. The monoisotopic (exact) mass is 348 g/mol. The average Bonchev–Trinajstić information content (AvgIpc) is 3.00. The third-order valence-corrected chi connectivity index (χ3v) is 7.29. The van der Waals surface area contributed by atoms with E-state index in [9.17, 15) is 4.21 Å². The van der Waals surface area contributed by atoms with Gasteiger partial charge in [-0.1, -0.05) is 0 Å². The molecule has 0 saturated carbocycles. The van der Waals surface area contributed by atoms with Crippen LogP contribution in [0.3, 0.4) is 0 Å². The Morgan fingerprint density at radius 2 is 1.75 bits per heavy atom. The maximum Gasteiger partial charge on any atom is 0.495 e. The van der Waals surface area contributed by atoms with Crippen LogP contribution in [0.25, 0.3) is 10.9 Å². The lowest BCUT2D eigenvalue weighted by molar-refractivity contribution is 0.00578. The fourth-order valence-electron chi connectivity index (χ4n) is 2.73. The van der Waals surface area contributed by atoms with Gasteiger partial charge in [-0.05, 0) is 76.7 Å². The van der Waals surface area contributed by atoms with Crippen LogP contribution in [0.1, 0.15) is 27.7 Å². The molecule has 5 nitrogen and oxygen atoms in total. The molecule has 2 heterocycles. The van der Waals surface area contributed by atoms with E-state index in [-0.39, 0.29) is 0 Å². The van der Waals surface area contributed by atoms with Gasteiger partial charge < -0.3 is 14.3 Å². The van der Waals surface area contributed by atoms with Crippen molar-refractivity contribution in [2.24, 2.45) is 0 Å². The predicted molar refractivity (Wildman–Crippen MR) is 101 cm³/mol. The fourth-order valence-corrected chi connectivity index (χ4v) is 3.76. The van der Waals surface area contributed by atoms with Crippen molar-refractivity contribution < 1.29 is 13.5 Å². The number of rotatable bonds is 3. The molecule has 1 fully saturated rings. The number of nitrogens with one attached hydrogen (secondary N) is 1. The number of nitrogens with zero attached hydrogens (tertiary/aromatic N) is 1. The number of aromatic amines is 1. The topological polar surface area (TPSA) is 54.6 Å². The molecule has 0 radical (unpaired) electrons. The van der Waals surface area contributed by atoms with Crippen LogP contribution in [0.5, 0.6) is 0 Å². The summed E-state index contributed by atoms with van der Waals surface area (Å²) in [5, 5.41) is 1.01. The highest BCUT2D eigenvalue weighted by molar-refractivity contribution is 7.98. The summed E-state index contributed by atoms with van der Waals surface area (Å²) in [4.78, 5) is 3.85. The highest BCUT2D eigenvalue weighted by Gasteiger charge is 2.52. The van der Waals surface area contributed by atoms with Crippen LogP contribution in [-0.2, 0) is 19.0 Å². The Kier molecular flexibility index (Phi) is 3.92. The molecule has 0 spiro atoms. The maximum absolute atomic E-state index is 13.0. The minimum Gasteiger partial charge on any atom is -0.399 e. The largest absolute Gasteiger partial charge is 0.495 e. The van der Waals surface area contributed by atoms with Crippen LogP contribution in [0.4, 0.5) is 0 Å². The molecule has 24 heavy (non-hydrogen) atoms. The van der Waals surface area contributed by atoms with E-state index >= 15 is 0 Å². The first-order valence-electron chi connectivity index (χ1n) is 7.97. The first-order chi connectivity index (χ1) is 11.0. The van der Waals surface area contributed by atoms with E-state index < -0.39 is 28.0 Å². The Balaban J connectivity index is 2.17. The zero-order valence-electron chi connectivity index (χ0n) is 15.2. The molecule has 1 aliphatic heterocycles. The molecular weight excluding hydrogens is 323 g/mol. The van der Waals surface area contributed by atoms with E-state index in [1.165, 1.54) is 0 Å². The van der Waals surface area contributed by atoms with Crippen molar-refractivity contribution in [2.75, 3.05) is 14.1 Å². The average molecular weight is 348 g/mol. The number of hydrogen-bond acceptors (Lipinski definition) is 3. The van der Waals surface area contributed by atoms with Crippen LogP contribution in [0.2, 0.25) is 0 Å². The molecule has 3 rings (SSSR count). The lowest BCUT2D eigenvalue weighted by atomic mass is 9.77. The quantitative estimate of drug-likeness (QED) is 0.682. The van der Waals surface area contributed by atoms with Gasteiger partial charge in [0.15, 0.2) is 0 Å². The summed E-state index contributed by atoms with van der Waals surface area (Å²) in [5.74, 6) is 3.91. The standard InChI is InChI=1S/C17H25BN2O3S/c1-16(2)17(3,4)23-18(22-16)14-10-12(24(7,21)20(5)6)11-15-13(14)8-9-19-15/h8-11,19H,7H2,1-6H3. The number of hydrogen-bond donors (Lipinski definition) is 1. The SMILES string of the molecule is C=S(=O)(c1cc(B2OC(C)(C)C(C)(C)O2)c2cc[nH]c2c1)N(C)C. The normalized spacial score (nSPS) is 22.2. The van der Waals surface area contributed by atoms with Crippen molar-refractivity contribution in [2.45, 2.75) is 43.8 Å². The summed E-state index contributed by atoms with van der Waals surface area (Å²) < 4.78 is 27.0. The lowest BCUT2D eigenvalue weighted by Gasteiger charge is -2.32. The van der Waals surface area contributed by atoms with Crippen LogP contribution in [0, 0.1) is 0 Å². The van der Waals surface area contributed by atoms with Gasteiger partial charge in [0, 0.05) is 16.6 Å². The van der Waals surface area contributed by atoms with Gasteiger partial charge in [0.2, 0.25) is 0 Å². The van der Waals surface area contributed by atoms with Gasteiger partial charge in [0.05, 0.1) is 20.9 Å². The molecule has 1 atom stereocenters. The van der Waals surface area contributed by atoms with Crippen molar-refractivity contribution in [1.82, 2.24) is 9.29 Å². The van der Waals surface area contributed by atoms with E-state index in [0.717, 1.165) is 16.4 Å². The Hall–Kier alpha value is -1.28. The highest BCUT2D eigenvalue weighted by atomic mass is 32.2. The molecule has 1 unspecified atom stereocenters. The second-order valence-electron chi connectivity index (χ2n) is 7.49. The number of benzene rings is 1. The molecule has 1 aromatic heterocycles. The van der Waals surface area contributed by atoms with Crippen LogP contribution >= 0.6 is 0 Å². The molecule has 0 amide bonds. The zero-order chi connectivity index (χ0) is 17.9. The van der Waals surface area contributed by atoms with Crippen LogP contribution < -0.4 is 5.46 Å². The Morgan fingerprint density at radius 1 is 1.17 bits per heavy atom. The molecule has 0 bridgehead atoms. The molecule has 1 N–H and O–H groups in total. The second kappa shape index (κ2) is 5.36. The minimum absolute atomic E-state index is 0.427. The Labute approximate surface area is 144 Å². The number of H-pyrrole nitrogens is 1. The predicted octanol–water partition coefficient (Wildman–Crippen LogP) is 2.02. The smallest absolute Gasteiger partial charge is 0.399 e. The van der Waals surface area contributed by atoms with Gasteiger partial charge >= 0.3 is 7.12 Å². The summed E-state index contributed by atoms with van der Waals surface area (Å²) in [6.07, 6.45) is 1.86. The molecule has 1 aliphatic rings. The van der Waals surface area contributed by atoms with Crippen LogP contribution in [0.15, 0.2) is 29.3 Å². The molecule has 0 aliphatic carbocycles. The molecule has 1 aromatic carbocycles. The van der Waals surface area contributed by atoms with Crippen LogP contribution in [-0.4, -0.2) is 51.8 Å². The molecule has 130 valence electrons. The van der Waals surface area contributed by atoms with E-state index in [2.05, 4.69) is 10.9 Å². The van der Waals surface area contributed by atoms with Gasteiger partial charge in [0.1, 0.15) is 0 Å². The molecular formula is C17H25BN2O3S. The second-order valence-corrected chi connectivity index (χ2v) is 9.98. The van der Waals surface area contributed by atoms with E-state index in [1.807, 2.05) is 52.1 Å². The zero-order valence-corrected chi connectivity index (χ0v) is 16.0. The van der Waals surface area contributed by atoms with E-state index in [0.29, 0.717) is 4.90 Å². The Bertz CT molecular complexity index is 868. The summed E-state index contributed by atoms with van der Waals surface area (Å²) in [7, 11) is 0.471. The third kappa shape index (κ3) is 2.60. The van der Waals surface area contributed by atoms with E-state index in [1.54, 1.807) is 18.4 Å². The fraction of sp³-hybridized carbons (Fsp3) is 0.471. The van der Waals surface area contributed by atoms with Gasteiger partial charge in [-0.15, -0.1) is 0 Å². The molecule has 7 heteroatoms.